The van der Waals surface area contributed by atoms with E-state index in [4.69, 9.17) is 4.74 Å². The summed E-state index contributed by atoms with van der Waals surface area (Å²) in [5.41, 5.74) is 1.91. The van der Waals surface area contributed by atoms with Gasteiger partial charge in [-0.25, -0.2) is 9.59 Å². The average Bonchev–Trinajstić information content (AvgIpc) is 3.16. The summed E-state index contributed by atoms with van der Waals surface area (Å²) in [6.07, 6.45) is 9.15. The van der Waals surface area contributed by atoms with Gasteiger partial charge in [-0.15, -0.1) is 0 Å². The number of non-ortho nitro benzene ring substituents is 1. The molecule has 13 nitrogen and oxygen atoms in total. The smallest absolute Gasteiger partial charge is 0.338 e. The molecule has 2 aromatic rings. The first kappa shape index (κ1) is 42.0. The van der Waals surface area contributed by atoms with Crippen LogP contribution < -0.4 is 10.6 Å². The van der Waals surface area contributed by atoms with Crippen molar-refractivity contribution < 1.29 is 28.8 Å². The molecule has 2 aliphatic rings. The molecule has 4 amide bonds. The molecule has 0 bridgehead atoms. The van der Waals surface area contributed by atoms with Crippen LogP contribution in [0.5, 0.6) is 0 Å². The third-order valence-corrected chi connectivity index (χ3v) is 10.4. The van der Waals surface area contributed by atoms with Crippen LogP contribution in [0.1, 0.15) is 102 Å². The molecule has 2 atom stereocenters. The topological polar surface area (TPSA) is 154 Å². The zero-order chi connectivity index (χ0) is 39.0. The number of urea groups is 1. The number of carbonyl (C=O) groups excluding carboxylic acids is 4. The average molecular weight is 747 g/mol. The van der Waals surface area contributed by atoms with E-state index in [0.29, 0.717) is 63.1 Å². The molecule has 0 aromatic heterocycles. The Morgan fingerprint density at radius 1 is 0.981 bits per heavy atom. The molecule has 2 unspecified atom stereocenters. The number of benzene rings is 2. The first-order chi connectivity index (χ1) is 26.0. The van der Waals surface area contributed by atoms with Crippen LogP contribution in [-0.4, -0.2) is 89.8 Å². The minimum absolute atomic E-state index is 0.0285. The minimum Gasteiger partial charge on any atom is -0.457 e. The zero-order valence-electron chi connectivity index (χ0n) is 32.4. The summed E-state index contributed by atoms with van der Waals surface area (Å²) in [4.78, 5) is 70.9. The van der Waals surface area contributed by atoms with Crippen molar-refractivity contribution in [3.8, 4) is 0 Å². The first-order valence-corrected chi connectivity index (χ1v) is 19.5. The molecular weight excluding hydrogens is 688 g/mol. The Kier molecular flexibility index (Phi) is 16.5. The molecule has 1 fully saturated rings. The van der Waals surface area contributed by atoms with Gasteiger partial charge in [-0.1, -0.05) is 69.4 Å². The van der Waals surface area contributed by atoms with Crippen molar-refractivity contribution in [1.82, 2.24) is 25.3 Å². The van der Waals surface area contributed by atoms with E-state index in [-0.39, 0.29) is 35.6 Å². The van der Waals surface area contributed by atoms with Gasteiger partial charge < -0.3 is 25.2 Å². The second-order valence-electron chi connectivity index (χ2n) is 14.6. The molecule has 1 aliphatic heterocycles. The second-order valence-corrected chi connectivity index (χ2v) is 14.6. The normalized spacial score (nSPS) is 16.9. The number of hydrogen-bond donors (Lipinski definition) is 2. The van der Waals surface area contributed by atoms with Crippen LogP contribution in [0.15, 0.2) is 65.9 Å². The Hall–Kier alpha value is -4.78. The lowest BCUT2D eigenvalue weighted by Gasteiger charge is -2.38. The Labute approximate surface area is 319 Å². The van der Waals surface area contributed by atoms with E-state index in [2.05, 4.69) is 17.6 Å². The number of esters is 1. The number of hydrogen-bond acceptors (Lipinski definition) is 8. The lowest BCUT2D eigenvalue weighted by atomic mass is 9.82. The van der Waals surface area contributed by atoms with Gasteiger partial charge in [-0.3, -0.25) is 24.6 Å². The van der Waals surface area contributed by atoms with Crippen molar-refractivity contribution in [3.63, 3.8) is 0 Å². The molecule has 1 saturated carbocycles. The Balaban J connectivity index is 1.45. The maximum atomic E-state index is 13.9. The molecule has 0 saturated heterocycles. The van der Waals surface area contributed by atoms with Gasteiger partial charge in [0.05, 0.1) is 16.5 Å². The zero-order valence-corrected chi connectivity index (χ0v) is 32.4. The molecule has 4 rings (SSSR count). The number of amides is 4. The third kappa shape index (κ3) is 11.9. The number of nitro benzene ring substituents is 1. The molecule has 0 radical (unpaired) electrons. The SMILES string of the molecule is CCCCNC(=O)C(C1CCCCC1)N(CCN(C)C)C(=O)CCCCCN1C(=O)NC(c2ccc([N+](=O)[O-])cc2)C(C(=O)OCc2ccccc2)=C1C. The van der Waals surface area contributed by atoms with E-state index < -0.39 is 29.0 Å². The highest BCUT2D eigenvalue weighted by atomic mass is 16.6. The van der Waals surface area contributed by atoms with Crippen LogP contribution in [0.25, 0.3) is 0 Å². The highest BCUT2D eigenvalue weighted by Crippen LogP contribution is 2.33. The summed E-state index contributed by atoms with van der Waals surface area (Å²) in [6.45, 7) is 5.88. The van der Waals surface area contributed by atoms with Crippen molar-refractivity contribution in [3.05, 3.63) is 87.1 Å². The molecule has 54 heavy (non-hydrogen) atoms. The summed E-state index contributed by atoms with van der Waals surface area (Å²) in [5, 5.41) is 17.3. The highest BCUT2D eigenvalue weighted by Gasteiger charge is 2.38. The Bertz CT molecular complexity index is 1590. The fraction of sp³-hybridized carbons (Fsp3) is 0.561. The summed E-state index contributed by atoms with van der Waals surface area (Å²) >= 11 is 0. The lowest BCUT2D eigenvalue weighted by Crippen LogP contribution is -2.55. The minimum atomic E-state index is -0.861. The fourth-order valence-corrected chi connectivity index (χ4v) is 7.30. The van der Waals surface area contributed by atoms with Gasteiger partial charge in [0.25, 0.3) is 5.69 Å². The van der Waals surface area contributed by atoms with Crippen LogP contribution in [0.3, 0.4) is 0 Å². The van der Waals surface area contributed by atoms with Crippen LogP contribution >= 0.6 is 0 Å². The number of carbonyl (C=O) groups is 4. The number of nitrogens with zero attached hydrogens (tertiary/aromatic N) is 4. The quantitative estimate of drug-likeness (QED) is 0.0675. The Morgan fingerprint density at radius 3 is 2.33 bits per heavy atom. The first-order valence-electron chi connectivity index (χ1n) is 19.5. The number of ether oxygens (including phenoxy) is 1. The van der Waals surface area contributed by atoms with Crippen LogP contribution in [0, 0.1) is 16.0 Å². The van der Waals surface area contributed by atoms with Crippen molar-refractivity contribution in [2.45, 2.75) is 103 Å². The van der Waals surface area contributed by atoms with Gasteiger partial charge in [-0.05, 0) is 82.3 Å². The van der Waals surface area contributed by atoms with E-state index in [0.717, 1.165) is 50.5 Å². The van der Waals surface area contributed by atoms with E-state index >= 15 is 0 Å². The maximum Gasteiger partial charge on any atom is 0.338 e. The summed E-state index contributed by atoms with van der Waals surface area (Å²) in [7, 11) is 3.94. The van der Waals surface area contributed by atoms with Gasteiger partial charge in [0, 0.05) is 50.4 Å². The highest BCUT2D eigenvalue weighted by molar-refractivity contribution is 5.95. The van der Waals surface area contributed by atoms with E-state index in [9.17, 15) is 29.3 Å². The molecule has 2 aromatic carbocycles. The van der Waals surface area contributed by atoms with E-state index in [1.54, 1.807) is 6.92 Å². The van der Waals surface area contributed by atoms with Gasteiger partial charge in [0.15, 0.2) is 0 Å². The predicted octanol–water partition coefficient (Wildman–Crippen LogP) is 6.49. The van der Waals surface area contributed by atoms with Gasteiger partial charge in [0.1, 0.15) is 12.6 Å². The number of likely N-dealkylation sites (N-methyl/N-ethyl adjacent to an activating group) is 1. The van der Waals surface area contributed by atoms with Gasteiger partial charge in [0.2, 0.25) is 11.8 Å². The van der Waals surface area contributed by atoms with E-state index in [1.807, 2.05) is 54.2 Å². The summed E-state index contributed by atoms with van der Waals surface area (Å²) < 4.78 is 5.71. The van der Waals surface area contributed by atoms with Gasteiger partial charge >= 0.3 is 12.0 Å². The predicted molar refractivity (Wildman–Crippen MR) is 207 cm³/mol. The third-order valence-electron chi connectivity index (χ3n) is 10.4. The van der Waals surface area contributed by atoms with E-state index in [1.165, 1.54) is 29.2 Å². The number of unbranched alkanes of at least 4 members (excludes halogenated alkanes) is 3. The number of allylic oxidation sites excluding steroid dienone is 1. The van der Waals surface area contributed by atoms with Crippen molar-refractivity contribution >= 4 is 29.5 Å². The van der Waals surface area contributed by atoms with Crippen molar-refractivity contribution in [2.24, 2.45) is 5.92 Å². The summed E-state index contributed by atoms with van der Waals surface area (Å²) in [5.74, 6) is -0.535. The molecule has 2 N–H and O–H groups in total. The molecule has 294 valence electrons. The molecule has 0 spiro atoms. The van der Waals surface area contributed by atoms with Crippen LogP contribution in [-0.2, 0) is 25.7 Å². The Morgan fingerprint density at radius 2 is 1.69 bits per heavy atom. The standard InChI is InChI=1S/C41H58N6O7/c1-5-6-25-42-39(49)38(33-18-12-8-13-19-33)46(28-27-44(3)4)35(48)20-14-9-15-26-45-30(2)36(40(50)54-29-31-16-10-7-11-17-31)37(43-41(45)51)32-21-23-34(24-22-32)47(52)53/h7,10-11,16-17,21-24,33,37-38H,5-6,8-9,12-15,18-20,25-29H2,1-4H3,(H,42,49)(H,43,51). The lowest BCUT2D eigenvalue weighted by molar-refractivity contribution is -0.384. The molecule has 1 heterocycles. The number of rotatable bonds is 20. The van der Waals surface area contributed by atoms with Crippen molar-refractivity contribution in [1.29, 1.82) is 0 Å². The second kappa shape index (κ2) is 21.2. The van der Waals surface area contributed by atoms with Gasteiger partial charge in [-0.2, -0.15) is 0 Å². The fourth-order valence-electron chi connectivity index (χ4n) is 7.30. The monoisotopic (exact) mass is 746 g/mol. The van der Waals surface area contributed by atoms with Crippen LogP contribution in [0.4, 0.5) is 10.5 Å². The number of nitrogens with one attached hydrogen (secondary N) is 2. The van der Waals surface area contributed by atoms with Crippen molar-refractivity contribution in [2.75, 3.05) is 40.3 Å². The maximum absolute atomic E-state index is 13.9. The van der Waals surface area contributed by atoms with Crippen LogP contribution in [0.2, 0.25) is 0 Å². The molecule has 1 aliphatic carbocycles. The molecule has 13 heteroatoms. The molecular formula is C41H58N6O7. The largest absolute Gasteiger partial charge is 0.457 e. The summed E-state index contributed by atoms with van der Waals surface area (Å²) in [6, 6.07) is 13.3. The number of nitro groups is 1.